The standard InChI is InChI=1S/C19H19FN2O/c1-12(2)13(3)18-21-16-10-6-4-8-14(16)19(23)22(18)17-11-7-5-9-15(17)20/h4-13H,1-3H3/t13-/m1/s1. The number of para-hydroxylation sites is 2. The van der Waals surface area contributed by atoms with Gasteiger partial charge in [-0.05, 0) is 30.2 Å². The maximum atomic E-state index is 14.3. The van der Waals surface area contributed by atoms with E-state index in [9.17, 15) is 9.18 Å². The Morgan fingerprint density at radius 1 is 1.00 bits per heavy atom. The molecule has 0 spiro atoms. The van der Waals surface area contributed by atoms with Crippen LogP contribution >= 0.6 is 0 Å². The van der Waals surface area contributed by atoms with Crippen LogP contribution in [0.4, 0.5) is 4.39 Å². The SMILES string of the molecule is CC(C)[C@@H](C)c1nc2ccccc2c(=O)n1-c1ccccc1F. The van der Waals surface area contributed by atoms with Crippen LogP contribution in [0.1, 0.15) is 32.5 Å². The lowest BCUT2D eigenvalue weighted by Gasteiger charge is -2.21. The average Bonchev–Trinajstić information content (AvgIpc) is 2.55. The second-order valence-corrected chi connectivity index (χ2v) is 6.11. The van der Waals surface area contributed by atoms with Crippen LogP contribution in [0.15, 0.2) is 53.3 Å². The van der Waals surface area contributed by atoms with E-state index in [4.69, 9.17) is 0 Å². The maximum Gasteiger partial charge on any atom is 0.266 e. The largest absolute Gasteiger partial charge is 0.268 e. The van der Waals surface area contributed by atoms with Crippen molar-refractivity contribution in [3.63, 3.8) is 0 Å². The van der Waals surface area contributed by atoms with Crippen LogP contribution in [0.5, 0.6) is 0 Å². The second-order valence-electron chi connectivity index (χ2n) is 6.11. The highest BCUT2D eigenvalue weighted by Gasteiger charge is 2.21. The lowest BCUT2D eigenvalue weighted by atomic mass is 9.96. The van der Waals surface area contributed by atoms with E-state index in [1.165, 1.54) is 10.6 Å². The molecule has 3 nitrogen and oxygen atoms in total. The van der Waals surface area contributed by atoms with Crippen LogP contribution in [0.2, 0.25) is 0 Å². The molecule has 0 saturated carbocycles. The molecule has 118 valence electrons. The molecule has 0 radical (unpaired) electrons. The minimum Gasteiger partial charge on any atom is -0.268 e. The summed E-state index contributed by atoms with van der Waals surface area (Å²) in [6, 6.07) is 13.5. The zero-order valence-corrected chi connectivity index (χ0v) is 13.5. The number of halogens is 1. The van der Waals surface area contributed by atoms with Crippen LogP contribution < -0.4 is 5.56 Å². The van der Waals surface area contributed by atoms with Crippen molar-refractivity contribution in [2.75, 3.05) is 0 Å². The molecule has 0 aliphatic rings. The summed E-state index contributed by atoms with van der Waals surface area (Å²) in [4.78, 5) is 17.7. The number of hydrogen-bond acceptors (Lipinski definition) is 2. The first-order chi connectivity index (χ1) is 11.0. The molecule has 0 fully saturated rings. The normalized spacial score (nSPS) is 12.7. The van der Waals surface area contributed by atoms with Crippen LogP contribution in [0, 0.1) is 11.7 Å². The summed E-state index contributed by atoms with van der Waals surface area (Å²) in [5.74, 6) is 0.464. The molecule has 23 heavy (non-hydrogen) atoms. The van der Waals surface area contributed by atoms with Crippen molar-refractivity contribution in [1.82, 2.24) is 9.55 Å². The molecule has 0 unspecified atom stereocenters. The van der Waals surface area contributed by atoms with Gasteiger partial charge in [0.1, 0.15) is 11.6 Å². The molecular weight excluding hydrogens is 291 g/mol. The maximum absolute atomic E-state index is 14.3. The summed E-state index contributed by atoms with van der Waals surface area (Å²) in [5.41, 5.74) is 0.661. The number of rotatable bonds is 3. The first kappa shape index (κ1) is 15.4. The predicted octanol–water partition coefficient (Wildman–Crippen LogP) is 4.28. The van der Waals surface area contributed by atoms with Crippen molar-refractivity contribution >= 4 is 10.9 Å². The molecule has 4 heteroatoms. The Morgan fingerprint density at radius 2 is 1.65 bits per heavy atom. The monoisotopic (exact) mass is 310 g/mol. The summed E-state index contributed by atoms with van der Waals surface area (Å²) in [7, 11) is 0. The Kier molecular flexibility index (Phi) is 3.99. The van der Waals surface area contributed by atoms with Crippen molar-refractivity contribution in [3.05, 3.63) is 70.5 Å². The number of fused-ring (bicyclic) bond motifs is 1. The first-order valence-electron chi connectivity index (χ1n) is 7.77. The van der Waals surface area contributed by atoms with Gasteiger partial charge < -0.3 is 0 Å². The quantitative estimate of drug-likeness (QED) is 0.723. The predicted molar refractivity (Wildman–Crippen MR) is 90.6 cm³/mol. The van der Waals surface area contributed by atoms with E-state index < -0.39 is 5.82 Å². The molecule has 0 bridgehead atoms. The van der Waals surface area contributed by atoms with Gasteiger partial charge in [0.2, 0.25) is 0 Å². The fourth-order valence-corrected chi connectivity index (χ4v) is 2.62. The molecule has 1 atom stereocenters. The molecule has 0 aliphatic carbocycles. The van der Waals surface area contributed by atoms with Crippen molar-refractivity contribution < 1.29 is 4.39 Å². The first-order valence-corrected chi connectivity index (χ1v) is 7.77. The van der Waals surface area contributed by atoms with Crippen LogP contribution in [0.3, 0.4) is 0 Å². The van der Waals surface area contributed by atoms with Gasteiger partial charge in [0.05, 0.1) is 16.6 Å². The minimum atomic E-state index is -0.427. The van der Waals surface area contributed by atoms with Gasteiger partial charge in [-0.15, -0.1) is 0 Å². The van der Waals surface area contributed by atoms with Crippen molar-refractivity contribution in [3.8, 4) is 5.69 Å². The molecule has 2 aromatic carbocycles. The number of nitrogens with zero attached hydrogens (tertiary/aromatic N) is 2. The van der Waals surface area contributed by atoms with Gasteiger partial charge in [-0.1, -0.05) is 45.0 Å². The summed E-state index contributed by atoms with van der Waals surface area (Å²) in [6.45, 7) is 6.15. The molecule has 0 N–H and O–H groups in total. The van der Waals surface area contributed by atoms with E-state index in [0.717, 1.165) is 0 Å². The van der Waals surface area contributed by atoms with Gasteiger partial charge in [0.25, 0.3) is 5.56 Å². The molecule has 3 aromatic rings. The van der Waals surface area contributed by atoms with Crippen LogP contribution in [-0.2, 0) is 0 Å². The van der Waals surface area contributed by atoms with E-state index in [-0.39, 0.29) is 23.1 Å². The molecule has 0 aliphatic heterocycles. The fourth-order valence-electron chi connectivity index (χ4n) is 2.62. The van der Waals surface area contributed by atoms with Crippen molar-refractivity contribution in [2.24, 2.45) is 5.92 Å². The molecule has 1 aromatic heterocycles. The molecule has 1 heterocycles. The Morgan fingerprint density at radius 3 is 2.35 bits per heavy atom. The molecule has 3 rings (SSSR count). The Balaban J connectivity index is 2.43. The number of benzene rings is 2. The highest BCUT2D eigenvalue weighted by atomic mass is 19.1. The van der Waals surface area contributed by atoms with Gasteiger partial charge in [-0.25, -0.2) is 9.37 Å². The highest BCUT2D eigenvalue weighted by Crippen LogP contribution is 2.25. The summed E-state index contributed by atoms with van der Waals surface area (Å²) in [6.07, 6.45) is 0. The molecule has 0 amide bonds. The topological polar surface area (TPSA) is 34.9 Å². The van der Waals surface area contributed by atoms with Crippen LogP contribution in [-0.4, -0.2) is 9.55 Å². The van der Waals surface area contributed by atoms with E-state index >= 15 is 0 Å². The number of hydrogen-bond donors (Lipinski definition) is 0. The third kappa shape index (κ3) is 2.65. The van der Waals surface area contributed by atoms with E-state index in [2.05, 4.69) is 18.8 Å². The van der Waals surface area contributed by atoms with E-state index in [1.807, 2.05) is 19.1 Å². The fraction of sp³-hybridized carbons (Fsp3) is 0.263. The lowest BCUT2D eigenvalue weighted by Crippen LogP contribution is -2.27. The Labute approximate surface area is 134 Å². The van der Waals surface area contributed by atoms with E-state index in [0.29, 0.717) is 16.7 Å². The Hall–Kier alpha value is -2.49. The minimum absolute atomic E-state index is 0.0203. The average molecular weight is 310 g/mol. The van der Waals surface area contributed by atoms with Gasteiger partial charge in [0.15, 0.2) is 0 Å². The van der Waals surface area contributed by atoms with Crippen molar-refractivity contribution in [1.29, 1.82) is 0 Å². The smallest absolute Gasteiger partial charge is 0.266 e. The van der Waals surface area contributed by atoms with Crippen LogP contribution in [0.25, 0.3) is 16.6 Å². The van der Waals surface area contributed by atoms with E-state index in [1.54, 1.807) is 30.3 Å². The zero-order chi connectivity index (χ0) is 16.6. The summed E-state index contributed by atoms with van der Waals surface area (Å²) in [5, 5.41) is 0.496. The van der Waals surface area contributed by atoms with Gasteiger partial charge in [-0.3, -0.25) is 9.36 Å². The van der Waals surface area contributed by atoms with Gasteiger partial charge >= 0.3 is 0 Å². The zero-order valence-electron chi connectivity index (χ0n) is 13.5. The Bertz CT molecular complexity index is 915. The molecular formula is C19H19FN2O. The number of aromatic nitrogens is 2. The second kappa shape index (κ2) is 5.95. The summed E-state index contributed by atoms with van der Waals surface area (Å²) >= 11 is 0. The van der Waals surface area contributed by atoms with Crippen molar-refractivity contribution in [2.45, 2.75) is 26.7 Å². The summed E-state index contributed by atoms with van der Waals surface area (Å²) < 4.78 is 15.7. The molecule has 0 saturated heterocycles. The third-order valence-electron chi connectivity index (χ3n) is 4.30. The van der Waals surface area contributed by atoms with Gasteiger partial charge in [0, 0.05) is 5.92 Å². The highest BCUT2D eigenvalue weighted by molar-refractivity contribution is 5.77. The third-order valence-corrected chi connectivity index (χ3v) is 4.30. The lowest BCUT2D eigenvalue weighted by molar-refractivity contribution is 0.495. The van der Waals surface area contributed by atoms with Gasteiger partial charge in [-0.2, -0.15) is 0 Å².